The monoisotopic (exact) mass is 374 g/mol. The molecule has 0 aromatic heterocycles. The van der Waals surface area contributed by atoms with Crippen LogP contribution in [0.25, 0.3) is 0 Å². The topological polar surface area (TPSA) is 38.4 Å². The smallest absolute Gasteiger partial charge is 0.154 e. The number of rotatable bonds is 1. The second kappa shape index (κ2) is 5.23. The highest BCUT2D eigenvalue weighted by molar-refractivity contribution is 9.10. The average Bonchev–Trinajstić information content (AvgIpc) is 2.43. The molecule has 1 fully saturated rings. The molecule has 2 nitrogen and oxygen atoms in total. The number of hydrogen-bond donors (Lipinski definition) is 1. The zero-order chi connectivity index (χ0) is 15.3. The molecule has 0 amide bonds. The summed E-state index contributed by atoms with van der Waals surface area (Å²) in [6.07, 6.45) is 3.81. The lowest BCUT2D eigenvalue weighted by molar-refractivity contribution is 0.0999. The fourth-order valence-corrected chi connectivity index (χ4v) is 5.01. The Morgan fingerprint density at radius 3 is 2.71 bits per heavy atom. The first-order chi connectivity index (χ1) is 9.88. The van der Waals surface area contributed by atoms with Gasteiger partial charge in [0.2, 0.25) is 0 Å². The van der Waals surface area contributed by atoms with Gasteiger partial charge in [-0.2, -0.15) is 0 Å². The normalized spacial score (nSPS) is 32.5. The number of nitrogens with zero attached hydrogens (tertiary/aromatic N) is 1. The van der Waals surface area contributed by atoms with Crippen molar-refractivity contribution in [3.8, 4) is 0 Å². The molecular formula is C15H17BrF2N2S. The van der Waals surface area contributed by atoms with Gasteiger partial charge >= 0.3 is 0 Å². The van der Waals surface area contributed by atoms with Crippen LogP contribution in [-0.4, -0.2) is 10.9 Å². The van der Waals surface area contributed by atoms with Gasteiger partial charge in [0.15, 0.2) is 5.17 Å². The van der Waals surface area contributed by atoms with E-state index in [1.807, 2.05) is 0 Å². The molecular weight excluding hydrogens is 358 g/mol. The molecule has 1 aromatic carbocycles. The number of fused-ring (bicyclic) bond motifs is 1. The minimum absolute atomic E-state index is 0.156. The van der Waals surface area contributed by atoms with Gasteiger partial charge in [-0.25, -0.2) is 8.78 Å². The maximum Gasteiger partial charge on any atom is 0.154 e. The lowest BCUT2D eigenvalue weighted by atomic mass is 9.60. The summed E-state index contributed by atoms with van der Waals surface area (Å²) < 4.78 is 28.3. The Morgan fingerprint density at radius 2 is 1.95 bits per heavy atom. The van der Waals surface area contributed by atoms with E-state index in [1.54, 1.807) is 6.07 Å². The molecule has 1 heterocycles. The summed E-state index contributed by atoms with van der Waals surface area (Å²) in [7, 11) is 0. The molecule has 0 saturated heterocycles. The van der Waals surface area contributed by atoms with E-state index < -0.39 is 17.2 Å². The van der Waals surface area contributed by atoms with Crippen LogP contribution in [0.1, 0.15) is 38.2 Å². The van der Waals surface area contributed by atoms with Crippen molar-refractivity contribution in [1.29, 1.82) is 0 Å². The van der Waals surface area contributed by atoms with Crippen molar-refractivity contribution in [2.75, 3.05) is 5.75 Å². The first kappa shape index (κ1) is 15.3. The Morgan fingerprint density at radius 1 is 1.24 bits per heavy atom. The third kappa shape index (κ3) is 2.31. The van der Waals surface area contributed by atoms with Crippen molar-refractivity contribution in [2.45, 2.75) is 38.1 Å². The SMILES string of the molecule is C[C@@]12CCCC[C@]1(c1cc(Br)c(F)cc1F)N=C(N)SC2. The predicted molar refractivity (Wildman–Crippen MR) is 86.4 cm³/mol. The Hall–Kier alpha value is -0.620. The van der Waals surface area contributed by atoms with Crippen LogP contribution in [0, 0.1) is 17.0 Å². The molecule has 0 radical (unpaired) electrons. The summed E-state index contributed by atoms with van der Waals surface area (Å²) in [4.78, 5) is 4.68. The van der Waals surface area contributed by atoms with Crippen LogP contribution in [0.2, 0.25) is 0 Å². The van der Waals surface area contributed by atoms with E-state index >= 15 is 0 Å². The van der Waals surface area contributed by atoms with Crippen molar-refractivity contribution < 1.29 is 8.78 Å². The van der Waals surface area contributed by atoms with Crippen LogP contribution >= 0.6 is 27.7 Å². The number of amidine groups is 1. The minimum atomic E-state index is -0.680. The molecule has 1 aromatic rings. The van der Waals surface area contributed by atoms with E-state index in [1.165, 1.54) is 11.8 Å². The molecule has 1 aliphatic carbocycles. The van der Waals surface area contributed by atoms with Crippen LogP contribution in [0.4, 0.5) is 8.78 Å². The maximum absolute atomic E-state index is 14.5. The molecule has 6 heteroatoms. The second-order valence-electron chi connectivity index (χ2n) is 6.11. The van der Waals surface area contributed by atoms with Gasteiger partial charge < -0.3 is 5.73 Å². The van der Waals surface area contributed by atoms with Crippen LogP contribution in [0.5, 0.6) is 0 Å². The maximum atomic E-state index is 14.5. The Labute approximate surface area is 135 Å². The lowest BCUT2D eigenvalue weighted by Gasteiger charge is -2.52. The van der Waals surface area contributed by atoms with Crippen molar-refractivity contribution in [2.24, 2.45) is 16.1 Å². The molecule has 0 unspecified atom stereocenters. The molecule has 2 N–H and O–H groups in total. The van der Waals surface area contributed by atoms with Crippen LogP contribution in [-0.2, 0) is 5.54 Å². The first-order valence-electron chi connectivity index (χ1n) is 7.01. The van der Waals surface area contributed by atoms with E-state index in [-0.39, 0.29) is 9.89 Å². The lowest BCUT2D eigenvalue weighted by Crippen LogP contribution is -2.50. The largest absolute Gasteiger partial charge is 0.379 e. The van der Waals surface area contributed by atoms with Gasteiger partial charge in [0.1, 0.15) is 11.6 Å². The predicted octanol–water partition coefficient (Wildman–Crippen LogP) is 4.56. The number of benzene rings is 1. The Bertz CT molecular complexity index is 622. The number of halogens is 3. The fourth-order valence-electron chi connectivity index (χ4n) is 3.60. The van der Waals surface area contributed by atoms with Gasteiger partial charge in [0, 0.05) is 22.8 Å². The number of aliphatic imine (C=N–C) groups is 1. The van der Waals surface area contributed by atoms with Gasteiger partial charge in [-0.05, 0) is 34.8 Å². The minimum Gasteiger partial charge on any atom is -0.379 e. The molecule has 2 aliphatic rings. The number of nitrogens with two attached hydrogens (primary N) is 1. The van der Waals surface area contributed by atoms with Gasteiger partial charge in [-0.3, -0.25) is 4.99 Å². The number of hydrogen-bond acceptors (Lipinski definition) is 3. The van der Waals surface area contributed by atoms with Gasteiger partial charge in [-0.15, -0.1) is 0 Å². The highest BCUT2D eigenvalue weighted by Gasteiger charge is 2.54. The molecule has 1 aliphatic heterocycles. The van der Waals surface area contributed by atoms with E-state index in [0.29, 0.717) is 10.7 Å². The second-order valence-corrected chi connectivity index (χ2v) is 7.96. The van der Waals surface area contributed by atoms with Crippen molar-refractivity contribution in [1.82, 2.24) is 0 Å². The Kier molecular flexibility index (Phi) is 3.81. The summed E-state index contributed by atoms with van der Waals surface area (Å²) in [5, 5.41) is 0.495. The van der Waals surface area contributed by atoms with E-state index in [9.17, 15) is 8.78 Å². The molecule has 114 valence electrons. The third-order valence-electron chi connectivity index (χ3n) is 4.81. The average molecular weight is 375 g/mol. The van der Waals surface area contributed by atoms with Gasteiger partial charge in [-0.1, -0.05) is 31.5 Å². The molecule has 0 spiro atoms. The summed E-state index contributed by atoms with van der Waals surface area (Å²) in [6.45, 7) is 2.14. The Balaban J connectivity index is 2.24. The van der Waals surface area contributed by atoms with Gasteiger partial charge in [0.25, 0.3) is 0 Å². The zero-order valence-electron chi connectivity index (χ0n) is 11.8. The summed E-state index contributed by atoms with van der Waals surface area (Å²) in [6, 6.07) is 2.48. The van der Waals surface area contributed by atoms with Crippen molar-refractivity contribution in [3.05, 3.63) is 33.8 Å². The summed E-state index contributed by atoms with van der Waals surface area (Å²) >= 11 is 4.69. The molecule has 3 rings (SSSR count). The zero-order valence-corrected chi connectivity index (χ0v) is 14.2. The highest BCUT2D eigenvalue weighted by atomic mass is 79.9. The molecule has 2 atom stereocenters. The summed E-state index contributed by atoms with van der Waals surface area (Å²) in [5.74, 6) is -0.309. The van der Waals surface area contributed by atoms with Gasteiger partial charge in [0.05, 0.1) is 10.0 Å². The van der Waals surface area contributed by atoms with Crippen molar-refractivity contribution in [3.63, 3.8) is 0 Å². The van der Waals surface area contributed by atoms with E-state index in [2.05, 4.69) is 27.8 Å². The first-order valence-corrected chi connectivity index (χ1v) is 8.79. The van der Waals surface area contributed by atoms with E-state index in [0.717, 1.165) is 37.5 Å². The van der Waals surface area contributed by atoms with Crippen molar-refractivity contribution >= 4 is 32.9 Å². The van der Waals surface area contributed by atoms with Crippen LogP contribution < -0.4 is 5.73 Å². The summed E-state index contributed by atoms with van der Waals surface area (Å²) in [5.41, 5.74) is 5.57. The quantitative estimate of drug-likeness (QED) is 0.731. The standard InChI is InChI=1S/C15H17BrF2N2S/c1-14-4-2-3-5-15(14,20-13(19)21-8-14)9-6-10(16)12(18)7-11(9)17/h6-7H,2-5,8H2,1H3,(H2,19,20)/t14-,15+/m0/s1. The van der Waals surface area contributed by atoms with Crippen LogP contribution in [0.15, 0.2) is 21.6 Å². The molecule has 1 saturated carbocycles. The van der Waals surface area contributed by atoms with Crippen LogP contribution in [0.3, 0.4) is 0 Å². The van der Waals surface area contributed by atoms with E-state index in [4.69, 9.17) is 5.73 Å². The molecule has 0 bridgehead atoms. The highest BCUT2D eigenvalue weighted by Crippen LogP contribution is 2.57. The molecule has 21 heavy (non-hydrogen) atoms. The third-order valence-corrected chi connectivity index (χ3v) is 6.59. The number of thioether (sulfide) groups is 1. The fraction of sp³-hybridized carbons (Fsp3) is 0.533.